The molecule has 0 N–H and O–H groups in total. The summed E-state index contributed by atoms with van der Waals surface area (Å²) < 4.78 is 0. The fourth-order valence-electron chi connectivity index (χ4n) is 1.43. The second-order valence-electron chi connectivity index (χ2n) is 3.69. The predicted molar refractivity (Wildman–Crippen MR) is 59.5 cm³/mol. The van der Waals surface area contributed by atoms with Crippen LogP contribution in [0.4, 0.5) is 5.69 Å². The van der Waals surface area contributed by atoms with Crippen LogP contribution in [0.15, 0.2) is 18.2 Å². The zero-order valence-electron chi connectivity index (χ0n) is 9.09. The van der Waals surface area contributed by atoms with Crippen LogP contribution in [-0.2, 0) is 0 Å². The summed E-state index contributed by atoms with van der Waals surface area (Å²) in [6, 6.07) is 6.64. The maximum Gasteiger partial charge on any atom is 0.0366 e. The van der Waals surface area contributed by atoms with E-state index in [4.69, 9.17) is 0 Å². The molecule has 0 unspecified atom stereocenters. The molecule has 0 aromatic heterocycles. The first-order valence-corrected chi connectivity index (χ1v) is 4.93. The van der Waals surface area contributed by atoms with Crippen molar-refractivity contribution >= 4 is 5.69 Å². The van der Waals surface area contributed by atoms with E-state index >= 15 is 0 Å². The minimum Gasteiger partial charge on any atom is -0.375 e. The largest absolute Gasteiger partial charge is 0.375 e. The van der Waals surface area contributed by atoms with Crippen molar-refractivity contribution in [1.82, 2.24) is 0 Å². The summed E-state index contributed by atoms with van der Waals surface area (Å²) in [6.07, 6.45) is 1.20. The van der Waals surface area contributed by atoms with Gasteiger partial charge in [-0.3, -0.25) is 0 Å². The van der Waals surface area contributed by atoms with Crippen molar-refractivity contribution in [2.45, 2.75) is 27.2 Å². The first kappa shape index (κ1) is 10.1. The second-order valence-corrected chi connectivity index (χ2v) is 3.69. The molecule has 1 heteroatoms. The van der Waals surface area contributed by atoms with E-state index in [-0.39, 0.29) is 0 Å². The lowest BCUT2D eigenvalue weighted by molar-refractivity contribution is 0.851. The molecular weight excluding hydrogens is 158 g/mol. The molecule has 0 aliphatic rings. The van der Waals surface area contributed by atoms with Crippen molar-refractivity contribution < 1.29 is 0 Å². The molecule has 0 saturated carbocycles. The van der Waals surface area contributed by atoms with Crippen LogP contribution >= 0.6 is 0 Å². The van der Waals surface area contributed by atoms with Crippen molar-refractivity contribution in [3.63, 3.8) is 0 Å². The highest BCUT2D eigenvalue weighted by molar-refractivity contribution is 5.49. The van der Waals surface area contributed by atoms with E-state index in [2.05, 4.69) is 50.9 Å². The highest BCUT2D eigenvalue weighted by atomic mass is 15.1. The molecule has 0 spiro atoms. The zero-order valence-corrected chi connectivity index (χ0v) is 9.09. The predicted octanol–water partition coefficient (Wildman–Crippen LogP) is 3.15. The Kier molecular flexibility index (Phi) is 3.35. The number of hydrogen-bond donors (Lipinski definition) is 0. The number of anilines is 1. The molecule has 0 aliphatic heterocycles. The quantitative estimate of drug-likeness (QED) is 0.685. The topological polar surface area (TPSA) is 3.24 Å². The summed E-state index contributed by atoms with van der Waals surface area (Å²) in [5.41, 5.74) is 4.07. The normalized spacial score (nSPS) is 10.2. The van der Waals surface area contributed by atoms with Gasteiger partial charge >= 0.3 is 0 Å². The van der Waals surface area contributed by atoms with Crippen molar-refractivity contribution in [1.29, 1.82) is 0 Å². The molecule has 0 bridgehead atoms. The Labute approximate surface area is 81.4 Å². The van der Waals surface area contributed by atoms with Crippen LogP contribution in [0.25, 0.3) is 0 Å². The molecule has 72 valence electrons. The van der Waals surface area contributed by atoms with Gasteiger partial charge in [0.2, 0.25) is 0 Å². The lowest BCUT2D eigenvalue weighted by Gasteiger charge is -2.19. The van der Waals surface area contributed by atoms with E-state index in [0.717, 1.165) is 6.54 Å². The van der Waals surface area contributed by atoms with Crippen LogP contribution in [0.1, 0.15) is 24.5 Å². The molecule has 13 heavy (non-hydrogen) atoms. The first-order valence-electron chi connectivity index (χ1n) is 4.93. The average Bonchev–Trinajstić information content (AvgIpc) is 2.10. The molecule has 0 amide bonds. The van der Waals surface area contributed by atoms with Gasteiger partial charge in [-0.25, -0.2) is 0 Å². The van der Waals surface area contributed by atoms with E-state index in [1.54, 1.807) is 0 Å². The maximum atomic E-state index is 2.30. The van der Waals surface area contributed by atoms with Crippen LogP contribution < -0.4 is 4.90 Å². The van der Waals surface area contributed by atoms with Crippen molar-refractivity contribution in [2.24, 2.45) is 0 Å². The van der Waals surface area contributed by atoms with E-state index < -0.39 is 0 Å². The molecule has 0 atom stereocenters. The number of aryl methyl sites for hydroxylation is 2. The van der Waals surface area contributed by atoms with Gasteiger partial charge in [0.05, 0.1) is 0 Å². The molecule has 1 nitrogen and oxygen atoms in total. The van der Waals surface area contributed by atoms with Crippen LogP contribution in [0, 0.1) is 13.8 Å². The van der Waals surface area contributed by atoms with Gasteiger partial charge < -0.3 is 4.90 Å². The number of benzene rings is 1. The highest BCUT2D eigenvalue weighted by Crippen LogP contribution is 2.17. The Morgan fingerprint density at radius 1 is 1.15 bits per heavy atom. The third-order valence-corrected chi connectivity index (χ3v) is 2.49. The monoisotopic (exact) mass is 177 g/mol. The summed E-state index contributed by atoms with van der Waals surface area (Å²) in [6.45, 7) is 7.65. The van der Waals surface area contributed by atoms with Gasteiger partial charge in [0, 0.05) is 19.3 Å². The highest BCUT2D eigenvalue weighted by Gasteiger charge is 2.00. The Morgan fingerprint density at radius 3 is 2.38 bits per heavy atom. The number of hydrogen-bond acceptors (Lipinski definition) is 1. The van der Waals surface area contributed by atoms with E-state index in [1.807, 2.05) is 0 Å². The van der Waals surface area contributed by atoms with Crippen molar-refractivity contribution in [2.75, 3.05) is 18.5 Å². The first-order chi connectivity index (χ1) is 6.15. The van der Waals surface area contributed by atoms with Crippen molar-refractivity contribution in [3.05, 3.63) is 29.3 Å². The average molecular weight is 177 g/mol. The Bertz CT molecular complexity index is 278. The summed E-state index contributed by atoms with van der Waals surface area (Å²) in [4.78, 5) is 2.30. The fraction of sp³-hybridized carbons (Fsp3) is 0.500. The summed E-state index contributed by atoms with van der Waals surface area (Å²) >= 11 is 0. The maximum absolute atomic E-state index is 2.30. The summed E-state index contributed by atoms with van der Waals surface area (Å²) in [5.74, 6) is 0. The second kappa shape index (κ2) is 4.31. The molecule has 1 aromatic carbocycles. The Hall–Kier alpha value is -0.980. The van der Waals surface area contributed by atoms with Gasteiger partial charge in [-0.2, -0.15) is 0 Å². The minimum absolute atomic E-state index is 1.13. The minimum atomic E-state index is 1.13. The fourth-order valence-corrected chi connectivity index (χ4v) is 1.43. The zero-order chi connectivity index (χ0) is 9.84. The van der Waals surface area contributed by atoms with Gasteiger partial charge in [-0.05, 0) is 43.5 Å². The third kappa shape index (κ3) is 2.48. The third-order valence-electron chi connectivity index (χ3n) is 2.49. The lowest BCUT2D eigenvalue weighted by Crippen LogP contribution is -2.17. The molecule has 1 rings (SSSR count). The van der Waals surface area contributed by atoms with E-state index in [9.17, 15) is 0 Å². The van der Waals surface area contributed by atoms with Crippen LogP contribution in [-0.4, -0.2) is 13.6 Å². The molecule has 1 aromatic rings. The molecule has 0 saturated heterocycles. The summed E-state index contributed by atoms with van der Waals surface area (Å²) in [7, 11) is 2.15. The summed E-state index contributed by atoms with van der Waals surface area (Å²) in [5, 5.41) is 0. The lowest BCUT2D eigenvalue weighted by atomic mass is 10.1. The molecule has 0 radical (unpaired) electrons. The smallest absolute Gasteiger partial charge is 0.0366 e. The van der Waals surface area contributed by atoms with Gasteiger partial charge in [0.25, 0.3) is 0 Å². The van der Waals surface area contributed by atoms with Crippen molar-refractivity contribution in [3.8, 4) is 0 Å². The SMILES string of the molecule is CCCN(C)c1ccc(C)c(C)c1. The molecule has 0 heterocycles. The van der Waals surface area contributed by atoms with Gasteiger partial charge in [0.1, 0.15) is 0 Å². The number of rotatable bonds is 3. The Morgan fingerprint density at radius 2 is 1.85 bits per heavy atom. The van der Waals surface area contributed by atoms with Gasteiger partial charge in [0.15, 0.2) is 0 Å². The van der Waals surface area contributed by atoms with Gasteiger partial charge in [-0.1, -0.05) is 13.0 Å². The molecular formula is C12H19N. The van der Waals surface area contributed by atoms with Crippen LogP contribution in [0.2, 0.25) is 0 Å². The van der Waals surface area contributed by atoms with Crippen LogP contribution in [0.5, 0.6) is 0 Å². The Balaban J connectivity index is 2.84. The van der Waals surface area contributed by atoms with E-state index in [1.165, 1.54) is 23.2 Å². The molecule has 0 aliphatic carbocycles. The molecule has 0 fully saturated rings. The van der Waals surface area contributed by atoms with Crippen LogP contribution in [0.3, 0.4) is 0 Å². The number of nitrogens with zero attached hydrogens (tertiary/aromatic N) is 1. The van der Waals surface area contributed by atoms with E-state index in [0.29, 0.717) is 0 Å². The standard InChI is InChI=1S/C12H19N/c1-5-8-13(4)12-7-6-10(2)11(3)9-12/h6-7,9H,5,8H2,1-4H3. The van der Waals surface area contributed by atoms with Gasteiger partial charge in [-0.15, -0.1) is 0 Å².